The molecule has 2 rings (SSSR count). The normalized spacial score (nSPS) is 39.0. The van der Waals surface area contributed by atoms with E-state index in [1.54, 1.807) is 0 Å². The smallest absolute Gasteiger partial charge is 0.0133 e. The molecule has 0 aromatic rings. The van der Waals surface area contributed by atoms with Crippen molar-refractivity contribution in [3.05, 3.63) is 0 Å². The van der Waals surface area contributed by atoms with Crippen molar-refractivity contribution in [1.29, 1.82) is 0 Å². The molecule has 0 spiro atoms. The lowest BCUT2D eigenvalue weighted by Gasteiger charge is -2.54. The quantitative estimate of drug-likeness (QED) is 0.479. The molecule has 1 saturated carbocycles. The summed E-state index contributed by atoms with van der Waals surface area (Å²) in [6.45, 7) is 5.38. The number of rotatable bonds is 0. The highest BCUT2D eigenvalue weighted by molar-refractivity contribution is 4.97. The van der Waals surface area contributed by atoms with Crippen LogP contribution in [-0.4, -0.2) is 24.5 Å². The predicted octanol–water partition coefficient (Wildman–Crippen LogP) is 1.74. The van der Waals surface area contributed by atoms with E-state index in [0.717, 1.165) is 12.0 Å². The summed E-state index contributed by atoms with van der Waals surface area (Å²) in [4.78, 5) is 2.45. The lowest BCUT2D eigenvalue weighted by Crippen LogP contribution is -2.59. The van der Waals surface area contributed by atoms with Gasteiger partial charge in [0.05, 0.1) is 0 Å². The molecule has 0 bridgehead atoms. The van der Waals surface area contributed by atoms with E-state index in [0.29, 0.717) is 0 Å². The van der Waals surface area contributed by atoms with Crippen LogP contribution in [0.15, 0.2) is 0 Å². The van der Waals surface area contributed by atoms with Crippen LogP contribution < -0.4 is 0 Å². The highest BCUT2D eigenvalue weighted by Gasteiger charge is 2.42. The molecule has 54 valence electrons. The summed E-state index contributed by atoms with van der Waals surface area (Å²) >= 11 is 0. The number of nitrogens with zero attached hydrogens (tertiary/aromatic N) is 1. The first kappa shape index (κ1) is 7.07. The van der Waals surface area contributed by atoms with E-state index in [1.807, 2.05) is 13.8 Å². The van der Waals surface area contributed by atoms with Crippen LogP contribution in [0.5, 0.6) is 0 Å². The Morgan fingerprint density at radius 3 is 1.89 bits per heavy atom. The van der Waals surface area contributed by atoms with Crippen LogP contribution in [0.25, 0.3) is 0 Å². The largest absolute Gasteiger partial charge is 0.303 e. The predicted molar refractivity (Wildman–Crippen MR) is 40.5 cm³/mol. The highest BCUT2D eigenvalue weighted by Crippen LogP contribution is 2.39. The fourth-order valence-corrected chi connectivity index (χ4v) is 1.71. The van der Waals surface area contributed by atoms with Crippen LogP contribution in [0.4, 0.5) is 0 Å². The monoisotopic (exact) mass is 127 g/mol. The van der Waals surface area contributed by atoms with Gasteiger partial charge in [0.15, 0.2) is 0 Å². The minimum Gasteiger partial charge on any atom is -0.303 e. The molecule has 1 unspecified atom stereocenters. The first-order chi connectivity index (χ1) is 4.38. The Balaban J connectivity index is 0.000000186. The van der Waals surface area contributed by atoms with Gasteiger partial charge in [-0.15, -0.1) is 0 Å². The molecule has 2 fully saturated rings. The molecule has 0 N–H and O–H groups in total. The number of hydrogen-bond donors (Lipinski definition) is 0. The van der Waals surface area contributed by atoms with Crippen molar-refractivity contribution in [3.63, 3.8) is 0 Å². The van der Waals surface area contributed by atoms with E-state index < -0.39 is 0 Å². The van der Waals surface area contributed by atoms with Gasteiger partial charge in [0.1, 0.15) is 0 Å². The molecule has 0 radical (unpaired) electrons. The molecule has 0 aromatic heterocycles. The number of likely N-dealkylation sites (tertiary alicyclic amines) is 1. The van der Waals surface area contributed by atoms with Gasteiger partial charge < -0.3 is 4.90 Å². The summed E-state index contributed by atoms with van der Waals surface area (Å²) in [7, 11) is 2.22. The molecule has 1 heteroatoms. The summed E-state index contributed by atoms with van der Waals surface area (Å²) in [6, 6.07) is 1.01. The molecule has 1 aliphatic heterocycles. The molecule has 1 heterocycles. The van der Waals surface area contributed by atoms with Gasteiger partial charge in [0, 0.05) is 12.6 Å². The fraction of sp³-hybridized carbons (Fsp3) is 1.00. The second-order valence-electron chi connectivity index (χ2n) is 2.84. The van der Waals surface area contributed by atoms with Crippen LogP contribution in [0.2, 0.25) is 0 Å². The Morgan fingerprint density at radius 2 is 1.89 bits per heavy atom. The van der Waals surface area contributed by atoms with Crippen molar-refractivity contribution >= 4 is 0 Å². The van der Waals surface area contributed by atoms with Gasteiger partial charge >= 0.3 is 0 Å². The maximum Gasteiger partial charge on any atom is 0.0133 e. The maximum atomic E-state index is 2.45. The topological polar surface area (TPSA) is 3.24 Å². The number of fused-ring (bicyclic) bond motifs is 1. The van der Waals surface area contributed by atoms with Crippen molar-refractivity contribution in [2.24, 2.45) is 5.92 Å². The van der Waals surface area contributed by atoms with Crippen molar-refractivity contribution in [1.82, 2.24) is 4.90 Å². The van der Waals surface area contributed by atoms with E-state index in [4.69, 9.17) is 0 Å². The molecule has 2 aliphatic rings. The van der Waals surface area contributed by atoms with Gasteiger partial charge in [-0.05, 0) is 25.8 Å². The minimum atomic E-state index is 1.01. The molecule has 9 heavy (non-hydrogen) atoms. The second kappa shape index (κ2) is 2.70. The average molecular weight is 127 g/mol. The third-order valence-corrected chi connectivity index (χ3v) is 2.47. The number of piperidine rings is 1. The fourth-order valence-electron chi connectivity index (χ4n) is 1.71. The lowest BCUT2D eigenvalue weighted by atomic mass is 9.72. The third-order valence-electron chi connectivity index (χ3n) is 2.47. The molecule has 1 saturated heterocycles. The molecular formula is C8H17N. The van der Waals surface area contributed by atoms with Gasteiger partial charge in [0.25, 0.3) is 0 Å². The van der Waals surface area contributed by atoms with Gasteiger partial charge in [-0.3, -0.25) is 0 Å². The zero-order chi connectivity index (χ0) is 6.85. The van der Waals surface area contributed by atoms with E-state index >= 15 is 0 Å². The minimum absolute atomic E-state index is 1.01. The SMILES string of the molecule is CC.CN1CC2CC[C@@H]21. The Bertz CT molecular complexity index is 86.6. The summed E-state index contributed by atoms with van der Waals surface area (Å²) < 4.78 is 0. The van der Waals surface area contributed by atoms with Crippen molar-refractivity contribution in [2.75, 3.05) is 13.6 Å². The summed E-state index contributed by atoms with van der Waals surface area (Å²) in [5.41, 5.74) is 0. The van der Waals surface area contributed by atoms with Crippen LogP contribution in [0.1, 0.15) is 26.7 Å². The molecule has 0 aromatic carbocycles. The molecule has 1 nitrogen and oxygen atoms in total. The Morgan fingerprint density at radius 1 is 1.22 bits per heavy atom. The van der Waals surface area contributed by atoms with Crippen molar-refractivity contribution in [2.45, 2.75) is 32.7 Å². The van der Waals surface area contributed by atoms with Gasteiger partial charge in [-0.1, -0.05) is 13.8 Å². The first-order valence-corrected chi connectivity index (χ1v) is 4.08. The lowest BCUT2D eigenvalue weighted by molar-refractivity contribution is -0.0381. The van der Waals surface area contributed by atoms with E-state index in [9.17, 15) is 0 Å². The van der Waals surface area contributed by atoms with E-state index in [2.05, 4.69) is 11.9 Å². The third kappa shape index (κ3) is 0.983. The summed E-state index contributed by atoms with van der Waals surface area (Å²) in [6.07, 6.45) is 2.98. The number of hydrogen-bond acceptors (Lipinski definition) is 1. The zero-order valence-electron chi connectivity index (χ0n) is 6.72. The highest BCUT2D eigenvalue weighted by atomic mass is 15.2. The van der Waals surface area contributed by atoms with Crippen LogP contribution in [0.3, 0.4) is 0 Å². The second-order valence-corrected chi connectivity index (χ2v) is 2.84. The van der Waals surface area contributed by atoms with Crippen molar-refractivity contribution < 1.29 is 0 Å². The van der Waals surface area contributed by atoms with Crippen LogP contribution in [0, 0.1) is 5.92 Å². The molecule has 2 atom stereocenters. The van der Waals surface area contributed by atoms with E-state index in [-0.39, 0.29) is 0 Å². The standard InChI is InChI=1S/C6H11N.C2H6/c1-7-4-5-2-3-6(5)7;1-2/h5-6H,2-4H2,1H3;1-2H3/t5?,6-;/m0./s1. The van der Waals surface area contributed by atoms with Crippen molar-refractivity contribution in [3.8, 4) is 0 Å². The first-order valence-electron chi connectivity index (χ1n) is 4.08. The Hall–Kier alpha value is -0.0400. The maximum absolute atomic E-state index is 2.45. The van der Waals surface area contributed by atoms with Crippen LogP contribution >= 0.6 is 0 Å². The van der Waals surface area contributed by atoms with Gasteiger partial charge in [-0.2, -0.15) is 0 Å². The Labute approximate surface area is 58.0 Å². The average Bonchev–Trinajstić information content (AvgIpc) is 1.87. The van der Waals surface area contributed by atoms with Crippen LogP contribution in [-0.2, 0) is 0 Å². The molecule has 1 aliphatic carbocycles. The summed E-state index contributed by atoms with van der Waals surface area (Å²) in [5, 5.41) is 0. The molecule has 0 amide bonds. The van der Waals surface area contributed by atoms with Gasteiger partial charge in [0.2, 0.25) is 0 Å². The van der Waals surface area contributed by atoms with Gasteiger partial charge in [-0.25, -0.2) is 0 Å². The zero-order valence-corrected chi connectivity index (χ0v) is 6.72. The molecular weight excluding hydrogens is 110 g/mol. The van der Waals surface area contributed by atoms with E-state index in [1.165, 1.54) is 19.4 Å². The Kier molecular flexibility index (Phi) is 2.12. The summed E-state index contributed by atoms with van der Waals surface area (Å²) in [5.74, 6) is 1.12.